The second-order valence-electron chi connectivity index (χ2n) is 7.34. The molecule has 0 amide bonds. The number of rotatable bonds is 7. The summed E-state index contributed by atoms with van der Waals surface area (Å²) in [6.45, 7) is 7.54. The Labute approximate surface area is 137 Å². The van der Waals surface area contributed by atoms with Crippen molar-refractivity contribution in [3.8, 4) is 5.75 Å². The Morgan fingerprint density at radius 3 is 1.87 bits per heavy atom. The summed E-state index contributed by atoms with van der Waals surface area (Å²) < 4.78 is 0. The highest BCUT2D eigenvalue weighted by Crippen LogP contribution is 2.40. The highest BCUT2D eigenvalue weighted by Gasteiger charge is 2.41. The van der Waals surface area contributed by atoms with E-state index in [1.807, 2.05) is 12.1 Å². The van der Waals surface area contributed by atoms with Gasteiger partial charge in [-0.25, -0.2) is 0 Å². The van der Waals surface area contributed by atoms with Crippen molar-refractivity contribution in [2.75, 3.05) is 0 Å². The first kappa shape index (κ1) is 19.0. The van der Waals surface area contributed by atoms with Crippen LogP contribution in [0.1, 0.15) is 58.4 Å². The lowest BCUT2D eigenvalue weighted by Gasteiger charge is -2.32. The van der Waals surface area contributed by atoms with Gasteiger partial charge >= 0.3 is 11.9 Å². The molecular formula is C18H26O5. The Kier molecular flexibility index (Phi) is 5.81. The molecule has 1 rings (SSSR count). The molecule has 0 radical (unpaired) electrons. The fourth-order valence-electron chi connectivity index (χ4n) is 2.77. The van der Waals surface area contributed by atoms with E-state index in [1.54, 1.807) is 12.1 Å². The Bertz CT molecular complexity index is 540. The SMILES string of the molecule is CC(CCCC(c1ccc(O)cc1)C(C)(C)C)(C(=O)O)C(=O)O. The van der Waals surface area contributed by atoms with E-state index >= 15 is 0 Å². The normalized spacial score (nSPS) is 13.6. The number of carbonyl (C=O) groups is 2. The molecule has 23 heavy (non-hydrogen) atoms. The van der Waals surface area contributed by atoms with Crippen LogP contribution in [0.5, 0.6) is 5.75 Å². The third-order valence-electron chi connectivity index (χ3n) is 4.45. The maximum Gasteiger partial charge on any atom is 0.320 e. The van der Waals surface area contributed by atoms with Gasteiger partial charge in [0.2, 0.25) is 0 Å². The summed E-state index contributed by atoms with van der Waals surface area (Å²) in [5, 5.41) is 27.7. The third-order valence-corrected chi connectivity index (χ3v) is 4.45. The number of aromatic hydroxyl groups is 1. The van der Waals surface area contributed by atoms with E-state index in [9.17, 15) is 14.7 Å². The van der Waals surface area contributed by atoms with E-state index in [1.165, 1.54) is 6.92 Å². The molecule has 5 nitrogen and oxygen atoms in total. The number of carboxylic acids is 2. The molecule has 0 aliphatic heterocycles. The molecule has 0 spiro atoms. The molecule has 0 aliphatic carbocycles. The van der Waals surface area contributed by atoms with E-state index in [0.717, 1.165) is 5.56 Å². The first-order valence-corrected chi connectivity index (χ1v) is 7.74. The number of benzene rings is 1. The second-order valence-corrected chi connectivity index (χ2v) is 7.34. The molecule has 0 aliphatic rings. The van der Waals surface area contributed by atoms with Gasteiger partial charge in [-0.3, -0.25) is 9.59 Å². The van der Waals surface area contributed by atoms with Crippen LogP contribution in [0.2, 0.25) is 0 Å². The van der Waals surface area contributed by atoms with Gasteiger partial charge in [-0.1, -0.05) is 39.3 Å². The molecule has 0 saturated heterocycles. The minimum atomic E-state index is -1.75. The minimum Gasteiger partial charge on any atom is -0.508 e. The molecule has 0 heterocycles. The van der Waals surface area contributed by atoms with Gasteiger partial charge in [-0.2, -0.15) is 0 Å². The average molecular weight is 322 g/mol. The zero-order valence-electron chi connectivity index (χ0n) is 14.2. The molecule has 0 saturated carbocycles. The molecule has 5 heteroatoms. The lowest BCUT2D eigenvalue weighted by Crippen LogP contribution is -2.36. The predicted molar refractivity (Wildman–Crippen MR) is 87.5 cm³/mol. The molecule has 0 bridgehead atoms. The zero-order chi connectivity index (χ0) is 17.8. The van der Waals surface area contributed by atoms with Gasteiger partial charge in [0.25, 0.3) is 0 Å². The van der Waals surface area contributed by atoms with Gasteiger partial charge in [-0.05, 0) is 48.8 Å². The predicted octanol–water partition coefficient (Wildman–Crippen LogP) is 3.87. The summed E-state index contributed by atoms with van der Waals surface area (Å²) >= 11 is 0. The van der Waals surface area contributed by atoms with Crippen LogP contribution in [0.15, 0.2) is 24.3 Å². The molecule has 0 aromatic heterocycles. The van der Waals surface area contributed by atoms with E-state index in [2.05, 4.69) is 20.8 Å². The van der Waals surface area contributed by atoms with Crippen molar-refractivity contribution in [1.29, 1.82) is 0 Å². The van der Waals surface area contributed by atoms with Gasteiger partial charge in [-0.15, -0.1) is 0 Å². The van der Waals surface area contributed by atoms with Crippen molar-refractivity contribution in [3.63, 3.8) is 0 Å². The summed E-state index contributed by atoms with van der Waals surface area (Å²) in [6.07, 6.45) is 1.27. The highest BCUT2D eigenvalue weighted by molar-refractivity contribution is 5.97. The van der Waals surface area contributed by atoms with Crippen molar-refractivity contribution < 1.29 is 24.9 Å². The van der Waals surface area contributed by atoms with Crippen LogP contribution in [0.3, 0.4) is 0 Å². The maximum absolute atomic E-state index is 11.2. The molecule has 0 fully saturated rings. The molecule has 1 aromatic rings. The first-order valence-electron chi connectivity index (χ1n) is 7.74. The fraction of sp³-hybridized carbons (Fsp3) is 0.556. The van der Waals surface area contributed by atoms with Gasteiger partial charge in [0, 0.05) is 0 Å². The van der Waals surface area contributed by atoms with Crippen LogP contribution in [-0.2, 0) is 9.59 Å². The number of hydrogen-bond donors (Lipinski definition) is 3. The number of carboxylic acid groups (broad SMARTS) is 2. The summed E-state index contributed by atoms with van der Waals surface area (Å²) in [5.41, 5.74) is -0.750. The largest absolute Gasteiger partial charge is 0.508 e. The summed E-state index contributed by atoms with van der Waals surface area (Å²) in [4.78, 5) is 22.5. The maximum atomic E-state index is 11.2. The van der Waals surface area contributed by atoms with Crippen molar-refractivity contribution in [1.82, 2.24) is 0 Å². The van der Waals surface area contributed by atoms with Crippen LogP contribution in [0, 0.1) is 10.8 Å². The molecule has 128 valence electrons. The Morgan fingerprint density at radius 1 is 1.00 bits per heavy atom. The zero-order valence-corrected chi connectivity index (χ0v) is 14.2. The molecule has 1 atom stereocenters. The van der Waals surface area contributed by atoms with Crippen molar-refractivity contribution in [2.45, 2.75) is 52.9 Å². The molecule has 1 unspecified atom stereocenters. The van der Waals surface area contributed by atoms with E-state index in [-0.39, 0.29) is 23.5 Å². The lowest BCUT2D eigenvalue weighted by atomic mass is 9.72. The quantitative estimate of drug-likeness (QED) is 0.662. The summed E-state index contributed by atoms with van der Waals surface area (Å²) in [6, 6.07) is 6.98. The summed E-state index contributed by atoms with van der Waals surface area (Å²) in [7, 11) is 0. The van der Waals surface area contributed by atoms with Gasteiger partial charge in [0.05, 0.1) is 0 Å². The number of aliphatic carboxylic acids is 2. The number of phenolic OH excluding ortho intramolecular Hbond substituents is 1. The lowest BCUT2D eigenvalue weighted by molar-refractivity contribution is -0.163. The van der Waals surface area contributed by atoms with Crippen LogP contribution in [0.25, 0.3) is 0 Å². The van der Waals surface area contributed by atoms with Crippen LogP contribution < -0.4 is 0 Å². The highest BCUT2D eigenvalue weighted by atomic mass is 16.4. The topological polar surface area (TPSA) is 94.8 Å². The van der Waals surface area contributed by atoms with Gasteiger partial charge < -0.3 is 15.3 Å². The van der Waals surface area contributed by atoms with E-state index in [4.69, 9.17) is 10.2 Å². The molecular weight excluding hydrogens is 296 g/mol. The van der Waals surface area contributed by atoms with Crippen LogP contribution >= 0.6 is 0 Å². The standard InChI is InChI=1S/C18H26O5/c1-17(2,3)14(12-7-9-13(19)10-8-12)6-5-11-18(4,15(20)21)16(22)23/h7-10,14,19H,5-6,11H2,1-4H3,(H,20,21)(H,22,23). The Morgan fingerprint density at radius 2 is 1.48 bits per heavy atom. The van der Waals surface area contributed by atoms with Gasteiger partial charge in [0.1, 0.15) is 5.75 Å². The third kappa shape index (κ3) is 4.71. The first-order chi connectivity index (χ1) is 10.5. The van der Waals surface area contributed by atoms with Crippen molar-refractivity contribution in [3.05, 3.63) is 29.8 Å². The number of hydrogen-bond acceptors (Lipinski definition) is 3. The smallest absolute Gasteiger partial charge is 0.320 e. The Balaban J connectivity index is 2.86. The molecule has 1 aromatic carbocycles. The summed E-state index contributed by atoms with van der Waals surface area (Å²) in [5.74, 6) is -2.26. The number of phenols is 1. The van der Waals surface area contributed by atoms with Crippen LogP contribution in [-0.4, -0.2) is 27.3 Å². The monoisotopic (exact) mass is 322 g/mol. The van der Waals surface area contributed by atoms with E-state index in [0.29, 0.717) is 12.8 Å². The van der Waals surface area contributed by atoms with Gasteiger partial charge in [0.15, 0.2) is 5.41 Å². The molecule has 3 N–H and O–H groups in total. The van der Waals surface area contributed by atoms with Crippen molar-refractivity contribution >= 4 is 11.9 Å². The fourth-order valence-corrected chi connectivity index (χ4v) is 2.77. The minimum absolute atomic E-state index is 0.0557. The second kappa shape index (κ2) is 7.02. The van der Waals surface area contributed by atoms with Crippen LogP contribution in [0.4, 0.5) is 0 Å². The van der Waals surface area contributed by atoms with E-state index < -0.39 is 17.4 Å². The van der Waals surface area contributed by atoms with Crippen molar-refractivity contribution in [2.24, 2.45) is 10.8 Å². The Hall–Kier alpha value is -2.04. The average Bonchev–Trinajstić information content (AvgIpc) is 2.43.